The Kier molecular flexibility index (Phi) is 8.56. The van der Waals surface area contributed by atoms with Gasteiger partial charge in [0.15, 0.2) is 0 Å². The van der Waals surface area contributed by atoms with Crippen LogP contribution in [0.15, 0.2) is 0 Å². The zero-order valence-electron chi connectivity index (χ0n) is 11.0. The van der Waals surface area contributed by atoms with E-state index in [4.69, 9.17) is 0 Å². The minimum absolute atomic E-state index is 0. The zero-order valence-corrected chi connectivity index (χ0v) is 11.0. The van der Waals surface area contributed by atoms with Crippen molar-refractivity contribution < 1.29 is 14.4 Å². The molecule has 1 atom stereocenters. The molecule has 0 aromatic carbocycles. The number of rotatable bonds is 5. The molecule has 0 aromatic heterocycles. The number of carbonyl (C=O) groups excluding carboxylic acids is 3. The second-order valence-electron chi connectivity index (χ2n) is 5.31. The van der Waals surface area contributed by atoms with Crippen LogP contribution in [0.5, 0.6) is 0 Å². The van der Waals surface area contributed by atoms with Crippen LogP contribution in [-0.2, 0) is 14.4 Å². The Bertz CT molecular complexity index is 334. The summed E-state index contributed by atoms with van der Waals surface area (Å²) < 4.78 is 0. The Balaban J connectivity index is 0. The van der Waals surface area contributed by atoms with Crippen LogP contribution in [0.1, 0.15) is 55.4 Å². The van der Waals surface area contributed by atoms with E-state index in [1.54, 1.807) is 0 Å². The molecule has 19 heavy (non-hydrogen) atoms. The van der Waals surface area contributed by atoms with Crippen LogP contribution in [0.3, 0.4) is 0 Å². The first-order chi connectivity index (χ1) is 7.84. The van der Waals surface area contributed by atoms with Crippen molar-refractivity contribution in [2.45, 2.75) is 55.4 Å². The normalized spacial score (nSPS) is 18.6. The van der Waals surface area contributed by atoms with Gasteiger partial charge in [-0.25, -0.2) is 0 Å². The van der Waals surface area contributed by atoms with E-state index in [1.807, 2.05) is 27.7 Å². The van der Waals surface area contributed by atoms with Crippen molar-refractivity contribution >= 4 is 17.6 Å². The molecule has 1 fully saturated rings. The molecule has 0 spiro atoms. The molecule has 1 saturated heterocycles. The Morgan fingerprint density at radius 2 is 1.74 bits per heavy atom. The third-order valence-electron chi connectivity index (χ3n) is 3.31. The molecule has 1 aliphatic rings. The summed E-state index contributed by atoms with van der Waals surface area (Å²) in [5, 5.41) is 0. The molecule has 112 valence electrons. The number of Topliss-reactive ketones (excluding diaryl/α,β-unsaturated/α-hetero) is 1. The van der Waals surface area contributed by atoms with Crippen molar-refractivity contribution in [3.63, 3.8) is 0 Å². The average molecular weight is 271 g/mol. The van der Waals surface area contributed by atoms with E-state index < -0.39 is 0 Å². The smallest absolute Gasteiger partial charge is 0.233 e. The van der Waals surface area contributed by atoms with Crippen LogP contribution in [0, 0.1) is 17.8 Å². The summed E-state index contributed by atoms with van der Waals surface area (Å²) in [5.74, 6) is -0.206. The molecule has 0 aromatic rings. The van der Waals surface area contributed by atoms with Crippen molar-refractivity contribution in [2.75, 3.05) is 6.54 Å². The van der Waals surface area contributed by atoms with E-state index in [-0.39, 0.29) is 63.2 Å². The first kappa shape index (κ1) is 20.1. The second kappa shape index (κ2) is 8.08. The number of likely N-dealkylation sites (tertiary alicyclic amines) is 1. The van der Waals surface area contributed by atoms with E-state index >= 15 is 0 Å². The van der Waals surface area contributed by atoms with Crippen LogP contribution >= 0.6 is 0 Å². The number of hydrogen-bond acceptors (Lipinski definition) is 3. The summed E-state index contributed by atoms with van der Waals surface area (Å²) in [5.41, 5.74) is 0. The van der Waals surface area contributed by atoms with Crippen molar-refractivity contribution in [2.24, 2.45) is 17.8 Å². The van der Waals surface area contributed by atoms with E-state index in [1.165, 1.54) is 4.90 Å². The van der Waals surface area contributed by atoms with Crippen LogP contribution < -0.4 is 0 Å². The van der Waals surface area contributed by atoms with Gasteiger partial charge < -0.3 is 0 Å². The van der Waals surface area contributed by atoms with Gasteiger partial charge in [-0.3, -0.25) is 19.3 Å². The summed E-state index contributed by atoms with van der Waals surface area (Å²) >= 11 is 0. The third kappa shape index (κ3) is 4.77. The van der Waals surface area contributed by atoms with Gasteiger partial charge in [-0.05, 0) is 5.92 Å². The summed E-state index contributed by atoms with van der Waals surface area (Å²) in [6.45, 7) is 7.79. The van der Waals surface area contributed by atoms with Gasteiger partial charge in [-0.1, -0.05) is 42.5 Å². The second-order valence-corrected chi connectivity index (χ2v) is 5.31. The minimum Gasteiger partial charge on any atom is -0.299 e. The highest BCUT2D eigenvalue weighted by Gasteiger charge is 2.39. The first-order valence-electron chi connectivity index (χ1n) is 6.21. The molecular formula is C15H29NO3. The summed E-state index contributed by atoms with van der Waals surface area (Å²) in [6, 6.07) is 0. The molecular weight excluding hydrogens is 242 g/mol. The van der Waals surface area contributed by atoms with Gasteiger partial charge in [0.1, 0.15) is 5.78 Å². The fourth-order valence-corrected chi connectivity index (χ4v) is 1.98. The number of amides is 2. The fourth-order valence-electron chi connectivity index (χ4n) is 1.98. The van der Waals surface area contributed by atoms with Gasteiger partial charge >= 0.3 is 0 Å². The topological polar surface area (TPSA) is 54.5 Å². The molecule has 0 N–H and O–H groups in total. The van der Waals surface area contributed by atoms with Gasteiger partial charge in [-0.2, -0.15) is 0 Å². The lowest BCUT2D eigenvalue weighted by molar-refractivity contribution is -0.140. The highest BCUT2D eigenvalue weighted by molar-refractivity contribution is 6.03. The fraction of sp³-hybridized carbons (Fsp3) is 0.800. The molecule has 1 rings (SSSR count). The molecule has 0 radical (unpaired) electrons. The zero-order chi connectivity index (χ0) is 13.2. The Morgan fingerprint density at radius 1 is 1.21 bits per heavy atom. The quantitative estimate of drug-likeness (QED) is 0.722. The van der Waals surface area contributed by atoms with Gasteiger partial charge in [0.05, 0.1) is 0 Å². The lowest BCUT2D eigenvalue weighted by Crippen LogP contribution is -2.34. The van der Waals surface area contributed by atoms with Crippen LogP contribution in [-0.4, -0.2) is 29.0 Å². The monoisotopic (exact) mass is 271 g/mol. The summed E-state index contributed by atoms with van der Waals surface area (Å²) in [7, 11) is 0. The van der Waals surface area contributed by atoms with E-state index in [0.717, 1.165) is 0 Å². The number of imide groups is 1. The van der Waals surface area contributed by atoms with Crippen molar-refractivity contribution in [1.82, 2.24) is 4.90 Å². The standard InChI is InChI=1S/C13H21NO3.2CH4/c1-8(2)10-7-12(16)14(13(10)17)6-5-11(15)9(3)4;;/h8-10H,5-7H2,1-4H3;2*1H4. The lowest BCUT2D eigenvalue weighted by atomic mass is 9.94. The molecule has 2 amide bonds. The van der Waals surface area contributed by atoms with E-state index in [9.17, 15) is 14.4 Å². The average Bonchev–Trinajstić information content (AvgIpc) is 2.51. The van der Waals surface area contributed by atoms with Crippen molar-refractivity contribution in [3.8, 4) is 0 Å². The molecule has 1 unspecified atom stereocenters. The largest absolute Gasteiger partial charge is 0.299 e. The molecule has 4 nitrogen and oxygen atoms in total. The number of ketones is 1. The molecule has 4 heteroatoms. The highest BCUT2D eigenvalue weighted by atomic mass is 16.2. The first-order valence-corrected chi connectivity index (χ1v) is 6.21. The Morgan fingerprint density at radius 3 is 2.11 bits per heavy atom. The number of carbonyl (C=O) groups is 3. The minimum atomic E-state index is -0.198. The predicted molar refractivity (Wildman–Crippen MR) is 77.6 cm³/mol. The van der Waals surface area contributed by atoms with Crippen LogP contribution in [0.2, 0.25) is 0 Å². The molecule has 0 bridgehead atoms. The van der Waals surface area contributed by atoms with Gasteiger partial charge in [0.25, 0.3) is 0 Å². The Hall–Kier alpha value is -1.19. The summed E-state index contributed by atoms with van der Waals surface area (Å²) in [6.07, 6.45) is 0.576. The van der Waals surface area contributed by atoms with Crippen molar-refractivity contribution in [3.05, 3.63) is 0 Å². The van der Waals surface area contributed by atoms with Crippen LogP contribution in [0.4, 0.5) is 0 Å². The summed E-state index contributed by atoms with van der Waals surface area (Å²) in [4.78, 5) is 36.3. The molecule has 0 aliphatic carbocycles. The van der Waals surface area contributed by atoms with Crippen LogP contribution in [0.25, 0.3) is 0 Å². The van der Waals surface area contributed by atoms with E-state index in [0.29, 0.717) is 6.42 Å². The van der Waals surface area contributed by atoms with E-state index in [2.05, 4.69) is 0 Å². The molecule has 0 saturated carbocycles. The van der Waals surface area contributed by atoms with Gasteiger partial charge in [0.2, 0.25) is 11.8 Å². The maximum Gasteiger partial charge on any atom is 0.233 e. The van der Waals surface area contributed by atoms with Gasteiger partial charge in [0, 0.05) is 31.2 Å². The third-order valence-corrected chi connectivity index (χ3v) is 3.31. The molecule has 1 aliphatic heterocycles. The van der Waals surface area contributed by atoms with Crippen molar-refractivity contribution in [1.29, 1.82) is 0 Å². The maximum atomic E-state index is 11.9. The number of nitrogens with zero attached hydrogens (tertiary/aromatic N) is 1. The predicted octanol–water partition coefficient (Wildman–Crippen LogP) is 2.90. The maximum absolute atomic E-state index is 11.9. The van der Waals surface area contributed by atoms with Gasteiger partial charge in [-0.15, -0.1) is 0 Å². The molecule has 1 heterocycles. The highest BCUT2D eigenvalue weighted by Crippen LogP contribution is 2.26. The Labute approximate surface area is 117 Å². The SMILES string of the molecule is C.C.CC(C)C(=O)CCN1C(=O)CC(C(C)C)C1=O. The lowest BCUT2D eigenvalue weighted by Gasteiger charge is -2.16. The number of hydrogen-bond donors (Lipinski definition) is 0.